The first-order valence-electron chi connectivity index (χ1n) is 6.03. The summed E-state index contributed by atoms with van der Waals surface area (Å²) in [6, 6.07) is 0.537. The Labute approximate surface area is 95.5 Å². The maximum atomic E-state index is 9.11. The van der Waals surface area contributed by atoms with Gasteiger partial charge in [-0.05, 0) is 37.1 Å². The minimum atomic E-state index is 0.0760. The summed E-state index contributed by atoms with van der Waals surface area (Å²) in [7, 11) is 0. The van der Waals surface area contributed by atoms with E-state index in [9.17, 15) is 0 Å². The number of nitrogens with one attached hydrogen (secondary N) is 1. The molecule has 0 saturated heterocycles. The summed E-state index contributed by atoms with van der Waals surface area (Å²) in [6.07, 6.45) is 2.21. The van der Waals surface area contributed by atoms with Crippen molar-refractivity contribution in [2.75, 3.05) is 13.2 Å². The molecule has 0 fully saturated rings. The van der Waals surface area contributed by atoms with Crippen LogP contribution in [0.4, 0.5) is 0 Å². The highest BCUT2D eigenvalue weighted by molar-refractivity contribution is 4.76. The van der Waals surface area contributed by atoms with Crippen molar-refractivity contribution in [2.45, 2.75) is 60.4 Å². The summed E-state index contributed by atoms with van der Waals surface area (Å²) in [5.41, 5.74) is 0.402. The molecule has 0 aromatic heterocycles. The third-order valence-electron chi connectivity index (χ3n) is 3.21. The second kappa shape index (κ2) is 5.86. The highest BCUT2D eigenvalue weighted by atomic mass is 16.3. The van der Waals surface area contributed by atoms with Crippen LogP contribution in [0.15, 0.2) is 0 Å². The van der Waals surface area contributed by atoms with Crippen molar-refractivity contribution < 1.29 is 5.11 Å². The van der Waals surface area contributed by atoms with Crippen molar-refractivity contribution in [3.8, 4) is 0 Å². The normalized spacial score (nSPS) is 15.4. The molecule has 1 unspecified atom stereocenters. The molecule has 0 heterocycles. The van der Waals surface area contributed by atoms with Crippen LogP contribution in [-0.4, -0.2) is 24.3 Å². The van der Waals surface area contributed by atoms with Crippen LogP contribution in [0.3, 0.4) is 0 Å². The first-order chi connectivity index (χ1) is 6.69. The van der Waals surface area contributed by atoms with E-state index in [2.05, 4.69) is 46.9 Å². The number of rotatable bonds is 6. The lowest BCUT2D eigenvalue weighted by Crippen LogP contribution is -2.38. The predicted octanol–water partition coefficient (Wildman–Crippen LogP) is 2.81. The molecule has 0 bridgehead atoms. The molecular formula is C13H29NO. The molecule has 15 heavy (non-hydrogen) atoms. The topological polar surface area (TPSA) is 32.3 Å². The molecule has 0 amide bonds. The molecule has 0 rings (SSSR count). The Morgan fingerprint density at radius 2 is 1.67 bits per heavy atom. The van der Waals surface area contributed by atoms with Crippen molar-refractivity contribution in [3.63, 3.8) is 0 Å². The van der Waals surface area contributed by atoms with E-state index in [0.29, 0.717) is 11.5 Å². The molecule has 0 radical (unpaired) electrons. The molecule has 0 aliphatic rings. The smallest absolute Gasteiger partial charge is 0.0482 e. The fourth-order valence-electron chi connectivity index (χ4n) is 1.27. The van der Waals surface area contributed by atoms with Crippen molar-refractivity contribution in [2.24, 2.45) is 10.8 Å². The molecule has 0 aromatic carbocycles. The minimum absolute atomic E-state index is 0.0760. The standard InChI is InChI=1S/C13H29NO/c1-11(12(2,3)4)14-9-7-8-13(5,6)10-15/h11,14-15H,7-10H2,1-6H3. The van der Waals surface area contributed by atoms with Crippen LogP contribution in [0.1, 0.15) is 54.4 Å². The lowest BCUT2D eigenvalue weighted by molar-refractivity contribution is 0.146. The van der Waals surface area contributed by atoms with Crippen molar-refractivity contribution in [3.05, 3.63) is 0 Å². The molecule has 0 aromatic rings. The van der Waals surface area contributed by atoms with Gasteiger partial charge in [0.1, 0.15) is 0 Å². The van der Waals surface area contributed by atoms with E-state index >= 15 is 0 Å². The maximum Gasteiger partial charge on any atom is 0.0482 e. The third-order valence-corrected chi connectivity index (χ3v) is 3.21. The van der Waals surface area contributed by atoms with Gasteiger partial charge in [0.05, 0.1) is 0 Å². The SMILES string of the molecule is CC(NCCCC(C)(C)CO)C(C)(C)C. The molecule has 2 heteroatoms. The van der Waals surface area contributed by atoms with Crippen molar-refractivity contribution >= 4 is 0 Å². The van der Waals surface area contributed by atoms with E-state index in [1.54, 1.807) is 0 Å². The third kappa shape index (κ3) is 6.91. The quantitative estimate of drug-likeness (QED) is 0.668. The Morgan fingerprint density at radius 3 is 2.07 bits per heavy atom. The first-order valence-corrected chi connectivity index (χ1v) is 6.03. The van der Waals surface area contributed by atoms with Gasteiger partial charge in [-0.3, -0.25) is 0 Å². The summed E-state index contributed by atoms with van der Waals surface area (Å²) in [5.74, 6) is 0. The van der Waals surface area contributed by atoms with Gasteiger partial charge in [0.15, 0.2) is 0 Å². The van der Waals surface area contributed by atoms with Gasteiger partial charge >= 0.3 is 0 Å². The molecular weight excluding hydrogens is 186 g/mol. The van der Waals surface area contributed by atoms with Gasteiger partial charge in [0, 0.05) is 12.6 Å². The van der Waals surface area contributed by atoms with Crippen LogP contribution in [0.25, 0.3) is 0 Å². The molecule has 92 valence electrons. The van der Waals surface area contributed by atoms with Gasteiger partial charge in [-0.1, -0.05) is 34.6 Å². The zero-order valence-corrected chi connectivity index (χ0v) is 11.4. The van der Waals surface area contributed by atoms with Crippen LogP contribution in [-0.2, 0) is 0 Å². The largest absolute Gasteiger partial charge is 0.396 e. The lowest BCUT2D eigenvalue weighted by Gasteiger charge is -2.29. The number of aliphatic hydroxyl groups excluding tert-OH is 1. The lowest BCUT2D eigenvalue weighted by atomic mass is 9.87. The number of hydrogen-bond acceptors (Lipinski definition) is 2. The first kappa shape index (κ1) is 14.9. The van der Waals surface area contributed by atoms with Crippen LogP contribution in [0, 0.1) is 10.8 Å². The Hall–Kier alpha value is -0.0800. The molecule has 0 aliphatic carbocycles. The summed E-state index contributed by atoms with van der Waals surface area (Å²) < 4.78 is 0. The van der Waals surface area contributed by atoms with E-state index in [-0.39, 0.29) is 12.0 Å². The molecule has 0 aliphatic heterocycles. The van der Waals surface area contributed by atoms with E-state index in [4.69, 9.17) is 5.11 Å². The Morgan fingerprint density at radius 1 is 1.13 bits per heavy atom. The average Bonchev–Trinajstić information content (AvgIpc) is 2.10. The number of hydrogen-bond donors (Lipinski definition) is 2. The average molecular weight is 215 g/mol. The zero-order valence-electron chi connectivity index (χ0n) is 11.4. The van der Waals surface area contributed by atoms with Gasteiger partial charge in [-0.25, -0.2) is 0 Å². The molecule has 2 N–H and O–H groups in total. The zero-order chi connectivity index (χ0) is 12.1. The van der Waals surface area contributed by atoms with Crippen LogP contribution in [0.2, 0.25) is 0 Å². The van der Waals surface area contributed by atoms with Crippen molar-refractivity contribution in [1.29, 1.82) is 0 Å². The summed E-state index contributed by atoms with van der Waals surface area (Å²) >= 11 is 0. The predicted molar refractivity (Wildman–Crippen MR) is 67.0 cm³/mol. The van der Waals surface area contributed by atoms with Gasteiger partial charge in [-0.15, -0.1) is 0 Å². The monoisotopic (exact) mass is 215 g/mol. The fourth-order valence-corrected chi connectivity index (χ4v) is 1.27. The minimum Gasteiger partial charge on any atom is -0.396 e. The van der Waals surface area contributed by atoms with Crippen LogP contribution in [0.5, 0.6) is 0 Å². The van der Waals surface area contributed by atoms with E-state index in [1.165, 1.54) is 0 Å². The summed E-state index contributed by atoms with van der Waals surface area (Å²) in [5, 5.41) is 12.6. The van der Waals surface area contributed by atoms with Gasteiger partial charge < -0.3 is 10.4 Å². The van der Waals surface area contributed by atoms with E-state index in [1.807, 2.05) is 0 Å². The molecule has 0 saturated carbocycles. The van der Waals surface area contributed by atoms with Crippen LogP contribution < -0.4 is 5.32 Å². The Bertz CT molecular complexity index is 170. The Kier molecular flexibility index (Phi) is 5.82. The highest BCUT2D eigenvalue weighted by Gasteiger charge is 2.20. The second-order valence-corrected chi connectivity index (χ2v) is 6.47. The van der Waals surface area contributed by atoms with E-state index < -0.39 is 0 Å². The summed E-state index contributed by atoms with van der Waals surface area (Å²) in [4.78, 5) is 0. The molecule has 2 nitrogen and oxygen atoms in total. The second-order valence-electron chi connectivity index (χ2n) is 6.47. The van der Waals surface area contributed by atoms with E-state index in [0.717, 1.165) is 19.4 Å². The summed E-state index contributed by atoms with van der Waals surface area (Å²) in [6.45, 7) is 14.5. The van der Waals surface area contributed by atoms with Crippen LogP contribution >= 0.6 is 0 Å². The van der Waals surface area contributed by atoms with Gasteiger partial charge in [-0.2, -0.15) is 0 Å². The molecule has 0 spiro atoms. The molecule has 1 atom stereocenters. The van der Waals surface area contributed by atoms with Gasteiger partial charge in [0.25, 0.3) is 0 Å². The fraction of sp³-hybridized carbons (Fsp3) is 1.00. The Balaban J connectivity index is 3.64. The van der Waals surface area contributed by atoms with Gasteiger partial charge in [0.2, 0.25) is 0 Å². The number of aliphatic hydroxyl groups is 1. The highest BCUT2D eigenvalue weighted by Crippen LogP contribution is 2.21. The van der Waals surface area contributed by atoms with Crippen molar-refractivity contribution in [1.82, 2.24) is 5.32 Å². The maximum absolute atomic E-state index is 9.11.